The lowest BCUT2D eigenvalue weighted by Crippen LogP contribution is -1.89. The van der Waals surface area contributed by atoms with Crippen LogP contribution in [0.3, 0.4) is 0 Å². The monoisotopic (exact) mass is 244 g/mol. The summed E-state index contributed by atoms with van der Waals surface area (Å²) in [6.07, 6.45) is 2.92. The summed E-state index contributed by atoms with van der Waals surface area (Å²) in [5.74, 6) is -0.232. The molecule has 1 nitrogen and oxygen atoms in total. The van der Waals surface area contributed by atoms with E-state index in [1.54, 1.807) is 6.07 Å². The van der Waals surface area contributed by atoms with Crippen molar-refractivity contribution in [3.63, 3.8) is 0 Å². The van der Waals surface area contributed by atoms with Gasteiger partial charge in [-0.2, -0.15) is 0 Å². The molecule has 0 heterocycles. The van der Waals surface area contributed by atoms with Gasteiger partial charge in [-0.1, -0.05) is 15.9 Å². The van der Waals surface area contributed by atoms with Gasteiger partial charge in [0, 0.05) is 10.9 Å². The molecule has 1 aromatic carbocycles. The lowest BCUT2D eigenvalue weighted by Gasteiger charge is -2.02. The number of aldehydes is 1. The third kappa shape index (κ3) is 3.27. The van der Waals surface area contributed by atoms with Gasteiger partial charge in [0.15, 0.2) is 0 Å². The van der Waals surface area contributed by atoms with Gasteiger partial charge in [-0.25, -0.2) is 4.39 Å². The van der Waals surface area contributed by atoms with Crippen LogP contribution in [0.5, 0.6) is 0 Å². The minimum atomic E-state index is -0.232. The molecule has 0 unspecified atom stereocenters. The van der Waals surface area contributed by atoms with E-state index in [0.29, 0.717) is 6.42 Å². The third-order valence-electron chi connectivity index (χ3n) is 1.78. The van der Waals surface area contributed by atoms with Crippen molar-refractivity contribution >= 4 is 22.2 Å². The zero-order valence-corrected chi connectivity index (χ0v) is 8.68. The fraction of sp³-hybridized carbons (Fsp3) is 0.300. The maximum Gasteiger partial charge on any atom is 0.123 e. The van der Waals surface area contributed by atoms with Crippen LogP contribution in [-0.4, -0.2) is 6.29 Å². The molecule has 0 spiro atoms. The Labute approximate surface area is 85.1 Å². The predicted octanol–water partition coefficient (Wildman–Crippen LogP) is 3.11. The lowest BCUT2D eigenvalue weighted by molar-refractivity contribution is -0.107. The van der Waals surface area contributed by atoms with Crippen molar-refractivity contribution in [2.75, 3.05) is 0 Å². The van der Waals surface area contributed by atoms with E-state index in [1.807, 2.05) is 0 Å². The second kappa shape index (κ2) is 5.12. The smallest absolute Gasteiger partial charge is 0.123 e. The number of benzene rings is 1. The van der Waals surface area contributed by atoms with E-state index in [1.165, 1.54) is 12.1 Å². The molecule has 0 atom stereocenters. The molecule has 70 valence electrons. The van der Waals surface area contributed by atoms with Crippen molar-refractivity contribution in [1.82, 2.24) is 0 Å². The van der Waals surface area contributed by atoms with E-state index in [4.69, 9.17) is 0 Å². The van der Waals surface area contributed by atoms with Crippen molar-refractivity contribution in [2.45, 2.75) is 19.3 Å². The molecule has 0 saturated heterocycles. The van der Waals surface area contributed by atoms with Crippen LogP contribution in [0.2, 0.25) is 0 Å². The number of hydrogen-bond acceptors (Lipinski definition) is 1. The molecule has 0 aliphatic rings. The zero-order chi connectivity index (χ0) is 9.68. The number of carbonyl (C=O) groups is 1. The molecule has 0 aliphatic heterocycles. The Balaban J connectivity index is 2.64. The van der Waals surface area contributed by atoms with Crippen LogP contribution in [0.25, 0.3) is 0 Å². The molecular weight excluding hydrogens is 235 g/mol. The first-order valence-electron chi connectivity index (χ1n) is 4.11. The highest BCUT2D eigenvalue weighted by molar-refractivity contribution is 9.10. The van der Waals surface area contributed by atoms with Crippen LogP contribution < -0.4 is 0 Å². The highest BCUT2D eigenvalue weighted by Gasteiger charge is 2.00. The van der Waals surface area contributed by atoms with Gasteiger partial charge in [0.1, 0.15) is 12.1 Å². The zero-order valence-electron chi connectivity index (χ0n) is 7.09. The highest BCUT2D eigenvalue weighted by atomic mass is 79.9. The van der Waals surface area contributed by atoms with Crippen LogP contribution >= 0.6 is 15.9 Å². The molecule has 0 saturated carbocycles. The Morgan fingerprint density at radius 3 is 2.92 bits per heavy atom. The van der Waals surface area contributed by atoms with Crippen LogP contribution in [-0.2, 0) is 11.2 Å². The molecule has 3 heteroatoms. The maximum absolute atomic E-state index is 12.8. The summed E-state index contributed by atoms with van der Waals surface area (Å²) in [6, 6.07) is 4.59. The van der Waals surface area contributed by atoms with Crippen molar-refractivity contribution in [2.24, 2.45) is 0 Å². The number of unbranched alkanes of at least 4 members (excludes halogenated alkanes) is 1. The Morgan fingerprint density at radius 1 is 1.46 bits per heavy atom. The van der Waals surface area contributed by atoms with Gasteiger partial charge in [0.2, 0.25) is 0 Å². The fourth-order valence-electron chi connectivity index (χ4n) is 1.11. The molecule has 13 heavy (non-hydrogen) atoms. The molecule has 0 aromatic heterocycles. The SMILES string of the molecule is O=CCCCc1cc(F)ccc1Br. The van der Waals surface area contributed by atoms with E-state index >= 15 is 0 Å². The van der Waals surface area contributed by atoms with Crippen molar-refractivity contribution in [3.8, 4) is 0 Å². The number of halogens is 2. The second-order valence-electron chi connectivity index (χ2n) is 2.79. The largest absolute Gasteiger partial charge is 0.303 e. The van der Waals surface area contributed by atoms with Gasteiger partial charge in [0.25, 0.3) is 0 Å². The van der Waals surface area contributed by atoms with E-state index in [9.17, 15) is 9.18 Å². The average molecular weight is 245 g/mol. The first kappa shape index (κ1) is 10.4. The van der Waals surface area contributed by atoms with Gasteiger partial charge in [-0.15, -0.1) is 0 Å². The minimum Gasteiger partial charge on any atom is -0.303 e. The summed E-state index contributed by atoms with van der Waals surface area (Å²) < 4.78 is 13.7. The van der Waals surface area contributed by atoms with E-state index in [-0.39, 0.29) is 5.82 Å². The van der Waals surface area contributed by atoms with Crippen molar-refractivity contribution in [3.05, 3.63) is 34.1 Å². The molecule has 0 amide bonds. The highest BCUT2D eigenvalue weighted by Crippen LogP contribution is 2.19. The Hall–Kier alpha value is -0.700. The average Bonchev–Trinajstić information content (AvgIpc) is 2.11. The molecule has 0 aliphatic carbocycles. The summed E-state index contributed by atoms with van der Waals surface area (Å²) >= 11 is 3.33. The quantitative estimate of drug-likeness (QED) is 0.588. The lowest BCUT2D eigenvalue weighted by atomic mass is 10.1. The molecule has 1 rings (SSSR count). The summed E-state index contributed by atoms with van der Waals surface area (Å²) in [7, 11) is 0. The summed E-state index contributed by atoms with van der Waals surface area (Å²) in [4.78, 5) is 10.1. The molecule has 0 N–H and O–H groups in total. The third-order valence-corrected chi connectivity index (χ3v) is 2.55. The summed E-state index contributed by atoms with van der Waals surface area (Å²) in [6.45, 7) is 0. The Morgan fingerprint density at radius 2 is 2.23 bits per heavy atom. The van der Waals surface area contributed by atoms with E-state index in [2.05, 4.69) is 15.9 Å². The summed E-state index contributed by atoms with van der Waals surface area (Å²) in [5, 5.41) is 0. The number of aryl methyl sites for hydroxylation is 1. The van der Waals surface area contributed by atoms with Crippen LogP contribution in [0.1, 0.15) is 18.4 Å². The fourth-order valence-corrected chi connectivity index (χ4v) is 1.56. The number of rotatable bonds is 4. The second-order valence-corrected chi connectivity index (χ2v) is 3.65. The molecule has 0 fully saturated rings. The Bertz CT molecular complexity index is 299. The topological polar surface area (TPSA) is 17.1 Å². The normalized spacial score (nSPS) is 10.0. The van der Waals surface area contributed by atoms with Crippen LogP contribution in [0, 0.1) is 5.82 Å². The minimum absolute atomic E-state index is 0.232. The van der Waals surface area contributed by atoms with Gasteiger partial charge in [-0.3, -0.25) is 0 Å². The first-order chi connectivity index (χ1) is 6.24. The number of hydrogen-bond donors (Lipinski definition) is 0. The number of carbonyl (C=O) groups excluding carboxylic acids is 1. The van der Waals surface area contributed by atoms with E-state index in [0.717, 1.165) is 29.2 Å². The molecule has 0 bridgehead atoms. The van der Waals surface area contributed by atoms with Crippen molar-refractivity contribution < 1.29 is 9.18 Å². The predicted molar refractivity (Wildman–Crippen MR) is 53.1 cm³/mol. The molecule has 1 aromatic rings. The van der Waals surface area contributed by atoms with E-state index < -0.39 is 0 Å². The van der Waals surface area contributed by atoms with Gasteiger partial charge in [0.05, 0.1) is 0 Å². The maximum atomic E-state index is 12.8. The molecular formula is C10H10BrFO. The van der Waals surface area contributed by atoms with Gasteiger partial charge in [-0.05, 0) is 36.6 Å². The van der Waals surface area contributed by atoms with Crippen molar-refractivity contribution in [1.29, 1.82) is 0 Å². The molecule has 0 radical (unpaired) electrons. The first-order valence-corrected chi connectivity index (χ1v) is 4.91. The summed E-state index contributed by atoms with van der Waals surface area (Å²) in [5.41, 5.74) is 0.918. The Kier molecular flexibility index (Phi) is 4.09. The van der Waals surface area contributed by atoms with Crippen LogP contribution in [0.15, 0.2) is 22.7 Å². The standard InChI is InChI=1S/C10H10BrFO/c11-10-5-4-9(12)7-8(10)3-1-2-6-13/h4-7H,1-3H2. The van der Waals surface area contributed by atoms with Gasteiger partial charge >= 0.3 is 0 Å². The van der Waals surface area contributed by atoms with Crippen LogP contribution in [0.4, 0.5) is 4.39 Å². The van der Waals surface area contributed by atoms with Gasteiger partial charge < -0.3 is 4.79 Å².